The van der Waals surface area contributed by atoms with Crippen molar-refractivity contribution in [2.24, 2.45) is 0 Å². The third-order valence-electron chi connectivity index (χ3n) is 5.27. The van der Waals surface area contributed by atoms with E-state index in [4.69, 9.17) is 18.6 Å². The van der Waals surface area contributed by atoms with E-state index < -0.39 is 11.5 Å². The summed E-state index contributed by atoms with van der Waals surface area (Å²) in [5.41, 5.74) is 0.260. The summed E-state index contributed by atoms with van der Waals surface area (Å²) in [6, 6.07) is 9.52. The number of benzene rings is 2. The van der Waals surface area contributed by atoms with Crippen LogP contribution in [0.2, 0.25) is 0 Å². The van der Waals surface area contributed by atoms with Crippen molar-refractivity contribution in [2.75, 3.05) is 27.3 Å². The van der Waals surface area contributed by atoms with Gasteiger partial charge in [-0.1, -0.05) is 12.1 Å². The van der Waals surface area contributed by atoms with Gasteiger partial charge in [0.15, 0.2) is 16.9 Å². The minimum absolute atomic E-state index is 0.00548. The summed E-state index contributed by atoms with van der Waals surface area (Å²) in [7, 11) is 2.79. The van der Waals surface area contributed by atoms with E-state index in [2.05, 4.69) is 0 Å². The zero-order valence-electron chi connectivity index (χ0n) is 17.3. The van der Waals surface area contributed by atoms with Crippen LogP contribution in [0.3, 0.4) is 0 Å². The Bertz CT molecular complexity index is 1180. The van der Waals surface area contributed by atoms with E-state index in [9.17, 15) is 14.7 Å². The van der Waals surface area contributed by atoms with E-state index in [1.165, 1.54) is 26.4 Å². The van der Waals surface area contributed by atoms with Crippen LogP contribution >= 0.6 is 0 Å². The second-order valence-electron chi connectivity index (χ2n) is 7.25. The number of phenols is 1. The molecule has 8 heteroatoms. The smallest absolute Gasteiger partial charge is 0.415 e. The standard InChI is InChI=1S/C23H23NO7/c1-28-19-13-18-20(21(26)22(19)29-2)16(25)12-17(31-18)14-7-6-8-15(11-14)30-23(27)24-9-4-3-5-10-24/h6-8,11-13,26H,3-5,9-10H2,1-2H3. The number of aromatic hydroxyl groups is 1. The van der Waals surface area contributed by atoms with Crippen molar-refractivity contribution in [3.63, 3.8) is 0 Å². The van der Waals surface area contributed by atoms with Gasteiger partial charge in [0.05, 0.1) is 14.2 Å². The van der Waals surface area contributed by atoms with E-state index in [-0.39, 0.29) is 34.0 Å². The lowest BCUT2D eigenvalue weighted by Gasteiger charge is -2.25. The molecule has 0 saturated carbocycles. The first kappa shape index (κ1) is 20.6. The Hall–Kier alpha value is -3.68. The Balaban J connectivity index is 1.69. The zero-order valence-corrected chi connectivity index (χ0v) is 17.3. The molecule has 8 nitrogen and oxygen atoms in total. The second kappa shape index (κ2) is 8.59. The molecule has 3 aromatic rings. The van der Waals surface area contributed by atoms with Crippen LogP contribution in [0.25, 0.3) is 22.3 Å². The molecule has 2 aromatic carbocycles. The lowest BCUT2D eigenvalue weighted by Crippen LogP contribution is -2.37. The van der Waals surface area contributed by atoms with Gasteiger partial charge in [-0.25, -0.2) is 4.79 Å². The van der Waals surface area contributed by atoms with Gasteiger partial charge in [-0.2, -0.15) is 0 Å². The van der Waals surface area contributed by atoms with E-state index in [1.807, 2.05) is 0 Å². The number of carbonyl (C=O) groups is 1. The third kappa shape index (κ3) is 4.01. The number of hydrogen-bond donors (Lipinski definition) is 1. The average molecular weight is 425 g/mol. The van der Waals surface area contributed by atoms with Crippen LogP contribution in [0.15, 0.2) is 45.6 Å². The number of phenolic OH excluding ortho intramolecular Hbond substituents is 1. The number of piperidine rings is 1. The quantitative estimate of drug-likeness (QED) is 0.670. The summed E-state index contributed by atoms with van der Waals surface area (Å²) in [4.78, 5) is 26.8. The summed E-state index contributed by atoms with van der Waals surface area (Å²) in [6.07, 6.45) is 2.67. The molecular formula is C23H23NO7. The molecule has 31 heavy (non-hydrogen) atoms. The van der Waals surface area contributed by atoms with Gasteiger partial charge in [-0.15, -0.1) is 0 Å². The molecule has 1 aromatic heterocycles. The lowest BCUT2D eigenvalue weighted by atomic mass is 10.1. The molecule has 1 fully saturated rings. The number of rotatable bonds is 4. The average Bonchev–Trinajstić information content (AvgIpc) is 2.79. The van der Waals surface area contributed by atoms with Crippen LogP contribution in [-0.4, -0.2) is 43.4 Å². The topological polar surface area (TPSA) is 98.4 Å². The van der Waals surface area contributed by atoms with Gasteiger partial charge in [-0.3, -0.25) is 4.79 Å². The van der Waals surface area contributed by atoms with Crippen LogP contribution in [0.5, 0.6) is 23.0 Å². The van der Waals surface area contributed by atoms with Crippen molar-refractivity contribution in [1.82, 2.24) is 4.90 Å². The largest absolute Gasteiger partial charge is 0.504 e. The maximum absolute atomic E-state index is 12.7. The molecule has 0 atom stereocenters. The van der Waals surface area contributed by atoms with Crippen LogP contribution in [0, 0.1) is 0 Å². The fourth-order valence-electron chi connectivity index (χ4n) is 3.71. The maximum Gasteiger partial charge on any atom is 0.415 e. The first-order valence-corrected chi connectivity index (χ1v) is 10.0. The first-order chi connectivity index (χ1) is 15.0. The number of fused-ring (bicyclic) bond motifs is 1. The molecule has 1 aliphatic heterocycles. The van der Waals surface area contributed by atoms with E-state index in [0.717, 1.165) is 19.3 Å². The van der Waals surface area contributed by atoms with Crippen molar-refractivity contribution in [3.05, 3.63) is 46.6 Å². The minimum Gasteiger partial charge on any atom is -0.504 e. The molecule has 1 N–H and O–H groups in total. The molecule has 2 heterocycles. The Kier molecular flexibility index (Phi) is 5.70. The molecule has 0 spiro atoms. The highest BCUT2D eigenvalue weighted by molar-refractivity contribution is 5.89. The Morgan fingerprint density at radius 3 is 2.55 bits per heavy atom. The fourth-order valence-corrected chi connectivity index (χ4v) is 3.71. The molecule has 0 aliphatic carbocycles. The number of nitrogens with zero attached hydrogens (tertiary/aromatic N) is 1. The summed E-state index contributed by atoms with van der Waals surface area (Å²) < 4.78 is 21.8. The highest BCUT2D eigenvalue weighted by atomic mass is 16.6. The predicted octanol–water partition coefficient (Wildman–Crippen LogP) is 4.17. The molecule has 0 radical (unpaired) electrons. The summed E-state index contributed by atoms with van der Waals surface area (Å²) >= 11 is 0. The lowest BCUT2D eigenvalue weighted by molar-refractivity contribution is 0.142. The van der Waals surface area contributed by atoms with Gasteiger partial charge in [0, 0.05) is 30.8 Å². The highest BCUT2D eigenvalue weighted by Gasteiger charge is 2.21. The predicted molar refractivity (Wildman–Crippen MR) is 114 cm³/mol. The molecule has 1 aliphatic rings. The van der Waals surface area contributed by atoms with E-state index in [0.29, 0.717) is 24.4 Å². The van der Waals surface area contributed by atoms with Crippen molar-refractivity contribution in [2.45, 2.75) is 19.3 Å². The van der Waals surface area contributed by atoms with Gasteiger partial charge in [-0.05, 0) is 31.4 Å². The highest BCUT2D eigenvalue weighted by Crippen LogP contribution is 2.42. The Labute approximate surface area is 178 Å². The van der Waals surface area contributed by atoms with Crippen molar-refractivity contribution >= 4 is 17.1 Å². The van der Waals surface area contributed by atoms with Crippen LogP contribution in [0.1, 0.15) is 19.3 Å². The monoisotopic (exact) mass is 425 g/mol. The van der Waals surface area contributed by atoms with Gasteiger partial charge >= 0.3 is 6.09 Å². The van der Waals surface area contributed by atoms with Crippen molar-refractivity contribution < 1.29 is 28.5 Å². The van der Waals surface area contributed by atoms with Crippen LogP contribution in [-0.2, 0) is 0 Å². The normalized spacial score (nSPS) is 13.8. The number of amides is 1. The summed E-state index contributed by atoms with van der Waals surface area (Å²) in [5, 5.41) is 10.4. The number of hydrogen-bond acceptors (Lipinski definition) is 7. The summed E-state index contributed by atoms with van der Waals surface area (Å²) in [6.45, 7) is 1.37. The minimum atomic E-state index is -0.439. The Morgan fingerprint density at radius 2 is 1.84 bits per heavy atom. The third-order valence-corrected chi connectivity index (χ3v) is 5.27. The summed E-state index contributed by atoms with van der Waals surface area (Å²) in [5.74, 6) is 0.561. The molecule has 0 unspecified atom stereocenters. The molecular weight excluding hydrogens is 402 g/mol. The van der Waals surface area contributed by atoms with Crippen molar-refractivity contribution in [3.8, 4) is 34.3 Å². The molecule has 0 bridgehead atoms. The maximum atomic E-state index is 12.7. The van der Waals surface area contributed by atoms with Gasteiger partial charge in [0.1, 0.15) is 22.5 Å². The molecule has 4 rings (SSSR count). The van der Waals surface area contributed by atoms with Gasteiger partial charge in [0.25, 0.3) is 0 Å². The SMILES string of the molecule is COc1cc2oc(-c3cccc(OC(=O)N4CCCCC4)c3)cc(=O)c2c(O)c1OC. The Morgan fingerprint density at radius 1 is 1.06 bits per heavy atom. The molecule has 1 saturated heterocycles. The first-order valence-electron chi connectivity index (χ1n) is 10.0. The number of ether oxygens (including phenoxy) is 3. The van der Waals surface area contributed by atoms with Gasteiger partial charge < -0.3 is 28.6 Å². The number of methoxy groups -OCH3 is 2. The zero-order chi connectivity index (χ0) is 22.0. The van der Waals surface area contributed by atoms with Gasteiger partial charge in [0.2, 0.25) is 5.75 Å². The number of likely N-dealkylation sites (tertiary alicyclic amines) is 1. The van der Waals surface area contributed by atoms with E-state index in [1.54, 1.807) is 29.2 Å². The molecule has 1 amide bonds. The van der Waals surface area contributed by atoms with Crippen LogP contribution < -0.4 is 19.6 Å². The van der Waals surface area contributed by atoms with Crippen LogP contribution in [0.4, 0.5) is 4.79 Å². The molecule has 162 valence electrons. The fraction of sp³-hybridized carbons (Fsp3) is 0.304. The van der Waals surface area contributed by atoms with E-state index >= 15 is 0 Å². The number of carbonyl (C=O) groups excluding carboxylic acids is 1. The second-order valence-corrected chi connectivity index (χ2v) is 7.25. The van der Waals surface area contributed by atoms with Crippen molar-refractivity contribution in [1.29, 1.82) is 0 Å².